The van der Waals surface area contributed by atoms with Gasteiger partial charge < -0.3 is 19.3 Å². The minimum absolute atomic E-state index is 0.00645. The fourth-order valence-corrected chi connectivity index (χ4v) is 8.08. The molecule has 0 atom stereocenters. The lowest BCUT2D eigenvalue weighted by Crippen LogP contribution is -2.35. The molecule has 58 heavy (non-hydrogen) atoms. The molecule has 3 amide bonds. The van der Waals surface area contributed by atoms with Gasteiger partial charge in [0.15, 0.2) is 0 Å². The van der Waals surface area contributed by atoms with E-state index in [1.165, 1.54) is 106 Å². The Morgan fingerprint density at radius 3 is 1.43 bits per heavy atom. The van der Waals surface area contributed by atoms with Gasteiger partial charge in [-0.2, -0.15) is 0 Å². The van der Waals surface area contributed by atoms with E-state index in [4.69, 9.17) is 9.47 Å². The van der Waals surface area contributed by atoms with Crippen molar-refractivity contribution in [2.24, 2.45) is 0 Å². The van der Waals surface area contributed by atoms with Crippen molar-refractivity contribution in [2.45, 2.75) is 245 Å². The molecular weight excluding hydrogens is 727 g/mol. The standard InChI is InChI=1S/C49H93N3O6/c1-5-8-11-14-17-26-33-43-57-47(54)37-29-22-18-24-31-39-51(41-34-42-52-46(53)44-50(4)49(52)56)40-32-25-19-23-30-38-48(55)58-45(35-27-20-15-12-9-6-2)36-28-21-16-13-10-7-3/h45H,5-44H2,1-4H3. The highest BCUT2D eigenvalue weighted by atomic mass is 16.5. The molecule has 1 heterocycles. The third-order valence-corrected chi connectivity index (χ3v) is 11.9. The maximum Gasteiger partial charge on any atom is 0.326 e. The van der Waals surface area contributed by atoms with Gasteiger partial charge in [0.25, 0.3) is 0 Å². The van der Waals surface area contributed by atoms with Gasteiger partial charge in [-0.1, -0.05) is 162 Å². The number of amides is 3. The Labute approximate surface area is 357 Å². The molecule has 1 rings (SSSR count). The van der Waals surface area contributed by atoms with E-state index in [0.717, 1.165) is 129 Å². The summed E-state index contributed by atoms with van der Waals surface area (Å²) in [5.74, 6) is -0.159. The smallest absolute Gasteiger partial charge is 0.326 e. The molecule has 0 unspecified atom stereocenters. The van der Waals surface area contributed by atoms with Crippen molar-refractivity contribution >= 4 is 23.9 Å². The molecule has 1 aliphatic heterocycles. The number of carbonyl (C=O) groups excluding carboxylic acids is 4. The van der Waals surface area contributed by atoms with Gasteiger partial charge in [-0.05, 0) is 83.8 Å². The molecule has 1 aliphatic rings. The first-order valence-electron chi connectivity index (χ1n) is 24.9. The molecule has 0 bridgehead atoms. The Morgan fingerprint density at radius 1 is 0.534 bits per heavy atom. The molecule has 0 aliphatic carbocycles. The van der Waals surface area contributed by atoms with Crippen LogP contribution in [-0.2, 0) is 23.9 Å². The topological polar surface area (TPSA) is 96.5 Å². The van der Waals surface area contributed by atoms with E-state index in [1.807, 2.05) is 0 Å². The van der Waals surface area contributed by atoms with Gasteiger partial charge >= 0.3 is 18.0 Å². The van der Waals surface area contributed by atoms with E-state index < -0.39 is 0 Å². The second kappa shape index (κ2) is 39.0. The lowest BCUT2D eigenvalue weighted by atomic mass is 10.0. The molecule has 0 aromatic heterocycles. The van der Waals surface area contributed by atoms with E-state index in [0.29, 0.717) is 26.0 Å². The molecule has 1 saturated heterocycles. The molecule has 0 aromatic carbocycles. The van der Waals surface area contributed by atoms with Crippen LogP contribution in [0.15, 0.2) is 0 Å². The Balaban J connectivity index is 2.34. The zero-order chi connectivity index (χ0) is 42.3. The molecule has 340 valence electrons. The summed E-state index contributed by atoms with van der Waals surface area (Å²) in [5, 5.41) is 0. The van der Waals surface area contributed by atoms with Crippen molar-refractivity contribution in [3.8, 4) is 0 Å². The third-order valence-electron chi connectivity index (χ3n) is 11.9. The lowest BCUT2D eigenvalue weighted by Gasteiger charge is -2.23. The van der Waals surface area contributed by atoms with Crippen LogP contribution in [0.1, 0.15) is 239 Å². The van der Waals surface area contributed by atoms with Gasteiger partial charge in [-0.3, -0.25) is 19.3 Å². The van der Waals surface area contributed by atoms with Crippen LogP contribution in [0, 0.1) is 0 Å². The van der Waals surface area contributed by atoms with E-state index in [2.05, 4.69) is 25.7 Å². The van der Waals surface area contributed by atoms with Gasteiger partial charge in [0, 0.05) is 26.4 Å². The molecule has 1 fully saturated rings. The number of unbranched alkanes of at least 4 members (excludes halogenated alkanes) is 24. The Bertz CT molecular complexity index is 993. The summed E-state index contributed by atoms with van der Waals surface area (Å²) in [5.41, 5.74) is 0. The van der Waals surface area contributed by atoms with E-state index in [-0.39, 0.29) is 36.5 Å². The minimum atomic E-state index is -0.187. The zero-order valence-corrected chi connectivity index (χ0v) is 38.7. The largest absolute Gasteiger partial charge is 0.466 e. The van der Waals surface area contributed by atoms with Crippen molar-refractivity contribution in [1.29, 1.82) is 0 Å². The van der Waals surface area contributed by atoms with Crippen molar-refractivity contribution in [2.75, 3.05) is 46.4 Å². The van der Waals surface area contributed by atoms with Gasteiger partial charge in [0.1, 0.15) is 12.6 Å². The Morgan fingerprint density at radius 2 is 0.948 bits per heavy atom. The number of imide groups is 1. The second-order valence-corrected chi connectivity index (χ2v) is 17.5. The molecule has 0 saturated carbocycles. The highest BCUT2D eigenvalue weighted by Gasteiger charge is 2.32. The first-order chi connectivity index (χ1) is 28.3. The van der Waals surface area contributed by atoms with Crippen molar-refractivity contribution in [3.05, 3.63) is 0 Å². The molecule has 0 spiro atoms. The van der Waals surface area contributed by atoms with Crippen LogP contribution >= 0.6 is 0 Å². The first-order valence-corrected chi connectivity index (χ1v) is 24.9. The van der Waals surface area contributed by atoms with Crippen LogP contribution < -0.4 is 0 Å². The number of ether oxygens (including phenoxy) is 2. The average Bonchev–Trinajstić information content (AvgIpc) is 3.45. The number of rotatable bonds is 43. The van der Waals surface area contributed by atoms with Crippen LogP contribution in [0.3, 0.4) is 0 Å². The molecular formula is C49H93N3O6. The number of esters is 2. The number of hydrogen-bond acceptors (Lipinski definition) is 7. The normalized spacial score (nSPS) is 13.1. The van der Waals surface area contributed by atoms with Crippen LogP contribution in [0.5, 0.6) is 0 Å². The lowest BCUT2D eigenvalue weighted by molar-refractivity contribution is -0.150. The number of urea groups is 1. The van der Waals surface area contributed by atoms with Gasteiger partial charge in [0.05, 0.1) is 6.61 Å². The number of likely N-dealkylation sites (N-methyl/N-ethyl adjacent to an activating group) is 1. The van der Waals surface area contributed by atoms with Crippen LogP contribution in [-0.4, -0.2) is 91.1 Å². The molecule has 0 N–H and O–H groups in total. The fraction of sp³-hybridized carbons (Fsp3) is 0.918. The summed E-state index contributed by atoms with van der Waals surface area (Å²) < 4.78 is 11.5. The fourth-order valence-electron chi connectivity index (χ4n) is 8.08. The number of carbonyl (C=O) groups is 4. The monoisotopic (exact) mass is 820 g/mol. The summed E-state index contributed by atoms with van der Waals surface area (Å²) in [4.78, 5) is 55.0. The maximum atomic E-state index is 12.8. The predicted molar refractivity (Wildman–Crippen MR) is 241 cm³/mol. The highest BCUT2D eigenvalue weighted by molar-refractivity contribution is 6.01. The van der Waals surface area contributed by atoms with Crippen molar-refractivity contribution in [1.82, 2.24) is 14.7 Å². The van der Waals surface area contributed by atoms with Crippen LogP contribution in [0.4, 0.5) is 4.79 Å². The Hall–Kier alpha value is -2.16. The SMILES string of the molecule is CCCCCCCCCOC(=O)CCCCCCCN(CCCCCCCC(=O)OC(CCCCCCCC)CCCCCCCC)CCCN1C(=O)CN(C)C1=O. The summed E-state index contributed by atoms with van der Waals surface area (Å²) >= 11 is 0. The Kier molecular flexibility index (Phi) is 36.2. The van der Waals surface area contributed by atoms with Gasteiger partial charge in [-0.15, -0.1) is 0 Å². The number of hydrogen-bond donors (Lipinski definition) is 0. The van der Waals surface area contributed by atoms with E-state index >= 15 is 0 Å². The zero-order valence-electron chi connectivity index (χ0n) is 38.7. The molecule has 9 nitrogen and oxygen atoms in total. The maximum absolute atomic E-state index is 12.8. The first kappa shape index (κ1) is 53.9. The highest BCUT2D eigenvalue weighted by Crippen LogP contribution is 2.19. The second-order valence-electron chi connectivity index (χ2n) is 17.5. The minimum Gasteiger partial charge on any atom is -0.466 e. The van der Waals surface area contributed by atoms with Gasteiger partial charge in [-0.25, -0.2) is 4.79 Å². The molecule has 9 heteroatoms. The van der Waals surface area contributed by atoms with Crippen LogP contribution in [0.25, 0.3) is 0 Å². The summed E-state index contributed by atoms with van der Waals surface area (Å²) in [6.07, 6.45) is 38.3. The third kappa shape index (κ3) is 30.8. The van der Waals surface area contributed by atoms with E-state index in [1.54, 1.807) is 7.05 Å². The van der Waals surface area contributed by atoms with Crippen molar-refractivity contribution in [3.63, 3.8) is 0 Å². The summed E-state index contributed by atoms with van der Waals surface area (Å²) in [7, 11) is 1.68. The van der Waals surface area contributed by atoms with Gasteiger partial charge in [0.2, 0.25) is 5.91 Å². The van der Waals surface area contributed by atoms with Crippen LogP contribution in [0.2, 0.25) is 0 Å². The number of nitrogens with zero attached hydrogens (tertiary/aromatic N) is 3. The average molecular weight is 820 g/mol. The summed E-state index contributed by atoms with van der Waals surface area (Å²) in [6.45, 7) is 10.8. The van der Waals surface area contributed by atoms with Crippen molar-refractivity contribution < 1.29 is 28.7 Å². The molecule has 0 radical (unpaired) electrons. The van der Waals surface area contributed by atoms with E-state index in [9.17, 15) is 19.2 Å². The summed E-state index contributed by atoms with van der Waals surface area (Å²) in [6, 6.07) is -0.187. The quantitative estimate of drug-likeness (QED) is 0.0343. The predicted octanol–water partition coefficient (Wildman–Crippen LogP) is 13.0. The molecule has 0 aromatic rings.